The minimum Gasteiger partial charge on any atom is -0.379 e. The van der Waals surface area contributed by atoms with Crippen LogP contribution in [0.3, 0.4) is 0 Å². The molecule has 23 heavy (non-hydrogen) atoms. The average molecular weight is 319 g/mol. The van der Waals surface area contributed by atoms with E-state index in [0.717, 1.165) is 32.1 Å². The van der Waals surface area contributed by atoms with Gasteiger partial charge in [0.2, 0.25) is 0 Å². The maximum absolute atomic E-state index is 12.7. The van der Waals surface area contributed by atoms with Gasteiger partial charge in [-0.1, -0.05) is 5.16 Å². The third-order valence-corrected chi connectivity index (χ3v) is 5.24. The Labute approximate surface area is 136 Å². The van der Waals surface area contributed by atoms with Crippen LogP contribution in [-0.2, 0) is 11.3 Å². The summed E-state index contributed by atoms with van der Waals surface area (Å²) in [6.07, 6.45) is 5.06. The molecule has 6 heteroatoms. The van der Waals surface area contributed by atoms with E-state index in [1.165, 1.54) is 25.7 Å². The highest BCUT2D eigenvalue weighted by Gasteiger charge is 2.45. The highest BCUT2D eigenvalue weighted by atomic mass is 16.5. The summed E-state index contributed by atoms with van der Waals surface area (Å²) in [5, 5.41) is 4.02. The van der Waals surface area contributed by atoms with Gasteiger partial charge in [-0.3, -0.25) is 9.69 Å². The van der Waals surface area contributed by atoms with Gasteiger partial charge in [-0.15, -0.1) is 0 Å². The SMILES string of the molecule is CN(C(=O)c1cc(CN2CCOCC2)on1)C(C1CC1)C1CC1. The first-order valence-corrected chi connectivity index (χ1v) is 8.75. The van der Waals surface area contributed by atoms with Crippen molar-refractivity contribution in [3.63, 3.8) is 0 Å². The van der Waals surface area contributed by atoms with E-state index in [2.05, 4.69) is 10.1 Å². The van der Waals surface area contributed by atoms with E-state index >= 15 is 0 Å². The Morgan fingerprint density at radius 3 is 2.57 bits per heavy atom. The van der Waals surface area contributed by atoms with Crippen molar-refractivity contribution >= 4 is 5.91 Å². The summed E-state index contributed by atoms with van der Waals surface area (Å²) < 4.78 is 10.7. The smallest absolute Gasteiger partial charge is 0.276 e. The van der Waals surface area contributed by atoms with Gasteiger partial charge in [-0.05, 0) is 37.5 Å². The standard InChI is InChI=1S/C17H25N3O3/c1-19(16(12-2-3-12)13-4-5-13)17(21)15-10-14(23-18-15)11-20-6-8-22-9-7-20/h10,12-13,16H,2-9,11H2,1H3. The summed E-state index contributed by atoms with van der Waals surface area (Å²) in [6, 6.07) is 2.22. The molecule has 0 N–H and O–H groups in total. The molecule has 0 bridgehead atoms. The molecule has 126 valence electrons. The van der Waals surface area contributed by atoms with Crippen LogP contribution in [0, 0.1) is 11.8 Å². The number of nitrogens with zero attached hydrogens (tertiary/aromatic N) is 3. The van der Waals surface area contributed by atoms with E-state index in [4.69, 9.17) is 9.26 Å². The number of ether oxygens (including phenoxy) is 1. The predicted octanol–water partition coefficient (Wildman–Crippen LogP) is 1.77. The number of aromatic nitrogens is 1. The van der Waals surface area contributed by atoms with Crippen LogP contribution in [0.5, 0.6) is 0 Å². The summed E-state index contributed by atoms with van der Waals surface area (Å²) in [5.41, 5.74) is 0.446. The number of morpholine rings is 1. The van der Waals surface area contributed by atoms with Gasteiger partial charge in [-0.2, -0.15) is 0 Å². The van der Waals surface area contributed by atoms with Crippen molar-refractivity contribution in [3.8, 4) is 0 Å². The molecule has 0 atom stereocenters. The van der Waals surface area contributed by atoms with Gasteiger partial charge in [0.05, 0.1) is 19.8 Å². The van der Waals surface area contributed by atoms with Crippen LogP contribution in [-0.4, -0.2) is 60.3 Å². The molecule has 4 rings (SSSR count). The summed E-state index contributed by atoms with van der Waals surface area (Å²) in [6.45, 7) is 4.01. The van der Waals surface area contributed by atoms with Crippen molar-refractivity contribution in [2.24, 2.45) is 11.8 Å². The van der Waals surface area contributed by atoms with E-state index in [1.54, 1.807) is 0 Å². The number of amides is 1. The Bertz CT molecular complexity index is 547. The second-order valence-electron chi connectivity index (χ2n) is 7.15. The fourth-order valence-electron chi connectivity index (χ4n) is 3.68. The van der Waals surface area contributed by atoms with Crippen molar-refractivity contribution in [1.82, 2.24) is 15.0 Å². The van der Waals surface area contributed by atoms with Gasteiger partial charge in [-0.25, -0.2) is 0 Å². The second-order valence-corrected chi connectivity index (χ2v) is 7.15. The molecule has 1 saturated heterocycles. The molecule has 1 aromatic heterocycles. The van der Waals surface area contributed by atoms with Gasteiger partial charge < -0.3 is 14.2 Å². The molecule has 0 aromatic carbocycles. The molecule has 0 radical (unpaired) electrons. The van der Waals surface area contributed by atoms with Crippen LogP contribution in [0.15, 0.2) is 10.6 Å². The van der Waals surface area contributed by atoms with Crippen molar-refractivity contribution in [3.05, 3.63) is 17.5 Å². The van der Waals surface area contributed by atoms with E-state index in [0.29, 0.717) is 30.1 Å². The fraction of sp³-hybridized carbons (Fsp3) is 0.765. The predicted molar refractivity (Wildman–Crippen MR) is 83.9 cm³/mol. The van der Waals surface area contributed by atoms with E-state index < -0.39 is 0 Å². The van der Waals surface area contributed by atoms with Crippen molar-refractivity contribution in [2.45, 2.75) is 38.3 Å². The molecule has 6 nitrogen and oxygen atoms in total. The third kappa shape index (κ3) is 3.43. The van der Waals surface area contributed by atoms with Gasteiger partial charge in [0.1, 0.15) is 0 Å². The van der Waals surface area contributed by atoms with Crippen LogP contribution in [0.25, 0.3) is 0 Å². The van der Waals surface area contributed by atoms with Crippen LogP contribution >= 0.6 is 0 Å². The van der Waals surface area contributed by atoms with Gasteiger partial charge in [0, 0.05) is 32.2 Å². The van der Waals surface area contributed by atoms with Crippen LogP contribution in [0.4, 0.5) is 0 Å². The lowest BCUT2D eigenvalue weighted by atomic mass is 10.1. The average Bonchev–Trinajstić information content (AvgIpc) is 3.50. The Hall–Kier alpha value is -1.40. The zero-order valence-electron chi connectivity index (χ0n) is 13.7. The van der Waals surface area contributed by atoms with Gasteiger partial charge in [0.15, 0.2) is 11.5 Å². The van der Waals surface area contributed by atoms with Gasteiger partial charge in [0.25, 0.3) is 5.91 Å². The lowest BCUT2D eigenvalue weighted by molar-refractivity contribution is 0.0305. The molecule has 3 aliphatic rings. The maximum atomic E-state index is 12.7. The minimum absolute atomic E-state index is 0.00535. The Balaban J connectivity index is 1.39. The van der Waals surface area contributed by atoms with E-state index in [1.807, 2.05) is 18.0 Å². The van der Waals surface area contributed by atoms with Crippen molar-refractivity contribution < 1.29 is 14.1 Å². The van der Waals surface area contributed by atoms with Crippen molar-refractivity contribution in [1.29, 1.82) is 0 Å². The van der Waals surface area contributed by atoms with E-state index in [-0.39, 0.29) is 5.91 Å². The normalized spacial score (nSPS) is 22.5. The lowest BCUT2D eigenvalue weighted by Gasteiger charge is -2.27. The maximum Gasteiger partial charge on any atom is 0.276 e. The number of hydrogen-bond donors (Lipinski definition) is 0. The zero-order valence-corrected chi connectivity index (χ0v) is 13.7. The highest BCUT2D eigenvalue weighted by Crippen LogP contribution is 2.47. The minimum atomic E-state index is 0.00535. The molecule has 0 unspecified atom stereocenters. The number of carbonyl (C=O) groups excluding carboxylic acids is 1. The summed E-state index contributed by atoms with van der Waals surface area (Å²) >= 11 is 0. The first-order valence-electron chi connectivity index (χ1n) is 8.75. The summed E-state index contributed by atoms with van der Waals surface area (Å²) in [7, 11) is 1.93. The molecular weight excluding hydrogens is 294 g/mol. The van der Waals surface area contributed by atoms with Crippen LogP contribution in [0.2, 0.25) is 0 Å². The molecule has 1 amide bonds. The van der Waals surface area contributed by atoms with E-state index in [9.17, 15) is 4.79 Å². The number of hydrogen-bond acceptors (Lipinski definition) is 5. The molecule has 2 saturated carbocycles. The topological polar surface area (TPSA) is 58.8 Å². The molecule has 2 heterocycles. The number of rotatable bonds is 6. The molecule has 1 aliphatic heterocycles. The molecule has 0 spiro atoms. The zero-order chi connectivity index (χ0) is 15.8. The Kier molecular flexibility index (Phi) is 4.11. The van der Waals surface area contributed by atoms with Gasteiger partial charge >= 0.3 is 0 Å². The lowest BCUT2D eigenvalue weighted by Crippen LogP contribution is -2.40. The van der Waals surface area contributed by atoms with Crippen LogP contribution < -0.4 is 0 Å². The highest BCUT2D eigenvalue weighted by molar-refractivity contribution is 5.92. The largest absolute Gasteiger partial charge is 0.379 e. The number of carbonyl (C=O) groups is 1. The molecule has 3 fully saturated rings. The Morgan fingerprint density at radius 2 is 1.96 bits per heavy atom. The monoisotopic (exact) mass is 319 g/mol. The van der Waals surface area contributed by atoms with Crippen LogP contribution in [0.1, 0.15) is 41.9 Å². The first-order chi connectivity index (χ1) is 11.2. The fourth-order valence-corrected chi connectivity index (χ4v) is 3.68. The summed E-state index contributed by atoms with van der Waals surface area (Å²) in [4.78, 5) is 16.9. The third-order valence-electron chi connectivity index (χ3n) is 5.24. The quantitative estimate of drug-likeness (QED) is 0.800. The second kappa shape index (κ2) is 6.24. The van der Waals surface area contributed by atoms with Crippen molar-refractivity contribution in [2.75, 3.05) is 33.4 Å². The summed E-state index contributed by atoms with van der Waals surface area (Å²) in [5.74, 6) is 2.18. The molecule has 1 aromatic rings. The molecule has 2 aliphatic carbocycles. The Morgan fingerprint density at radius 1 is 1.30 bits per heavy atom. The first kappa shape index (κ1) is 15.1. The molecular formula is C17H25N3O3.